The molecule has 1 heterocycles. The van der Waals surface area contributed by atoms with E-state index < -0.39 is 0 Å². The minimum atomic E-state index is 0.761. The van der Waals surface area contributed by atoms with E-state index in [2.05, 4.69) is 12.2 Å². The molecular weight excluding hydrogens is 270 g/mol. The van der Waals surface area contributed by atoms with Crippen LogP contribution >= 0.6 is 11.6 Å². The Morgan fingerprint density at radius 1 is 1.25 bits per heavy atom. The first-order chi connectivity index (χ1) is 9.69. The fraction of sp³-hybridized carbons (Fsp3) is 0.375. The number of rotatable bonds is 3. The second kappa shape index (κ2) is 5.41. The molecule has 1 aromatic carbocycles. The van der Waals surface area contributed by atoms with Crippen LogP contribution in [0.25, 0.3) is 11.4 Å². The van der Waals surface area contributed by atoms with Crippen molar-refractivity contribution in [3.05, 3.63) is 40.0 Å². The van der Waals surface area contributed by atoms with Gasteiger partial charge in [-0.15, -0.1) is 0 Å². The summed E-state index contributed by atoms with van der Waals surface area (Å²) < 4.78 is 0. The largest absolute Gasteiger partial charge is 0.370 e. The fourth-order valence-corrected chi connectivity index (χ4v) is 2.79. The molecule has 0 amide bonds. The SMILES string of the molecule is CCNc1nc(-c2ccc(C)c(Cl)c2)nc2c1CCC2. The molecule has 0 atom stereocenters. The van der Waals surface area contributed by atoms with Gasteiger partial charge in [-0.05, 0) is 44.7 Å². The summed E-state index contributed by atoms with van der Waals surface area (Å²) in [4.78, 5) is 9.42. The van der Waals surface area contributed by atoms with Gasteiger partial charge in [-0.1, -0.05) is 23.7 Å². The lowest BCUT2D eigenvalue weighted by Crippen LogP contribution is -2.06. The smallest absolute Gasteiger partial charge is 0.161 e. The van der Waals surface area contributed by atoms with Gasteiger partial charge in [-0.3, -0.25) is 0 Å². The van der Waals surface area contributed by atoms with Crippen LogP contribution in [0.1, 0.15) is 30.2 Å². The van der Waals surface area contributed by atoms with E-state index in [1.54, 1.807) is 0 Å². The number of fused-ring (bicyclic) bond motifs is 1. The maximum absolute atomic E-state index is 6.21. The standard InChI is InChI=1S/C16H18ClN3/c1-3-18-16-12-5-4-6-14(12)19-15(20-16)11-8-7-10(2)13(17)9-11/h7-9H,3-6H2,1-2H3,(H,18,19,20). The summed E-state index contributed by atoms with van der Waals surface area (Å²) in [7, 11) is 0. The molecule has 0 bridgehead atoms. The molecule has 2 aromatic rings. The molecule has 0 spiro atoms. The highest BCUT2D eigenvalue weighted by atomic mass is 35.5. The molecule has 1 aliphatic rings. The molecule has 3 nitrogen and oxygen atoms in total. The lowest BCUT2D eigenvalue weighted by atomic mass is 10.1. The van der Waals surface area contributed by atoms with Crippen molar-refractivity contribution in [3.8, 4) is 11.4 Å². The lowest BCUT2D eigenvalue weighted by Gasteiger charge is -2.11. The van der Waals surface area contributed by atoms with Gasteiger partial charge in [0.25, 0.3) is 0 Å². The van der Waals surface area contributed by atoms with Crippen molar-refractivity contribution in [1.29, 1.82) is 0 Å². The third-order valence-electron chi connectivity index (χ3n) is 3.71. The number of halogens is 1. The first kappa shape index (κ1) is 13.4. The first-order valence-electron chi connectivity index (χ1n) is 7.09. The Morgan fingerprint density at radius 2 is 2.10 bits per heavy atom. The number of anilines is 1. The molecule has 1 aliphatic carbocycles. The molecule has 0 fully saturated rings. The maximum atomic E-state index is 6.21. The zero-order valence-electron chi connectivity index (χ0n) is 11.8. The van der Waals surface area contributed by atoms with E-state index in [1.807, 2.05) is 25.1 Å². The fourth-order valence-electron chi connectivity index (χ4n) is 2.61. The summed E-state index contributed by atoms with van der Waals surface area (Å²) >= 11 is 6.21. The molecular formula is C16H18ClN3. The third kappa shape index (κ3) is 2.38. The van der Waals surface area contributed by atoms with Crippen LogP contribution in [0.15, 0.2) is 18.2 Å². The number of aromatic nitrogens is 2. The van der Waals surface area contributed by atoms with Gasteiger partial charge in [0.1, 0.15) is 5.82 Å². The van der Waals surface area contributed by atoms with Crippen molar-refractivity contribution >= 4 is 17.4 Å². The van der Waals surface area contributed by atoms with Crippen LogP contribution < -0.4 is 5.32 Å². The topological polar surface area (TPSA) is 37.8 Å². The van der Waals surface area contributed by atoms with Gasteiger partial charge in [0, 0.05) is 28.4 Å². The zero-order chi connectivity index (χ0) is 14.1. The van der Waals surface area contributed by atoms with Crippen molar-refractivity contribution < 1.29 is 0 Å². The second-order valence-corrected chi connectivity index (χ2v) is 5.58. The first-order valence-corrected chi connectivity index (χ1v) is 7.47. The number of hydrogen-bond donors (Lipinski definition) is 1. The van der Waals surface area contributed by atoms with Crippen molar-refractivity contribution in [2.75, 3.05) is 11.9 Å². The van der Waals surface area contributed by atoms with Gasteiger partial charge in [-0.25, -0.2) is 9.97 Å². The van der Waals surface area contributed by atoms with Crippen LogP contribution in [0.2, 0.25) is 5.02 Å². The Morgan fingerprint density at radius 3 is 2.85 bits per heavy atom. The molecule has 4 heteroatoms. The van der Waals surface area contributed by atoms with Gasteiger partial charge in [0.2, 0.25) is 0 Å². The number of aryl methyl sites for hydroxylation is 2. The van der Waals surface area contributed by atoms with E-state index >= 15 is 0 Å². The second-order valence-electron chi connectivity index (χ2n) is 5.17. The molecule has 104 valence electrons. The third-order valence-corrected chi connectivity index (χ3v) is 4.11. The molecule has 1 N–H and O–H groups in total. The van der Waals surface area contributed by atoms with E-state index in [1.165, 1.54) is 17.7 Å². The van der Waals surface area contributed by atoms with Crippen LogP contribution in [0.5, 0.6) is 0 Å². The number of nitrogens with zero attached hydrogens (tertiary/aromatic N) is 2. The minimum Gasteiger partial charge on any atom is -0.370 e. The predicted molar refractivity (Wildman–Crippen MR) is 83.4 cm³/mol. The van der Waals surface area contributed by atoms with E-state index in [9.17, 15) is 0 Å². The summed E-state index contributed by atoms with van der Waals surface area (Å²) in [6.07, 6.45) is 3.29. The average molecular weight is 288 g/mol. The number of nitrogens with one attached hydrogen (secondary N) is 1. The average Bonchev–Trinajstić information content (AvgIpc) is 2.90. The van der Waals surface area contributed by atoms with E-state index in [0.717, 1.165) is 47.2 Å². The highest BCUT2D eigenvalue weighted by molar-refractivity contribution is 6.31. The molecule has 0 unspecified atom stereocenters. The minimum absolute atomic E-state index is 0.761. The molecule has 0 saturated heterocycles. The monoisotopic (exact) mass is 287 g/mol. The Kier molecular flexibility index (Phi) is 3.62. The quantitative estimate of drug-likeness (QED) is 0.926. The van der Waals surface area contributed by atoms with E-state index in [4.69, 9.17) is 21.6 Å². The van der Waals surface area contributed by atoms with Crippen LogP contribution in [0.3, 0.4) is 0 Å². The zero-order valence-corrected chi connectivity index (χ0v) is 12.6. The van der Waals surface area contributed by atoms with Crippen molar-refractivity contribution in [2.24, 2.45) is 0 Å². The Balaban J connectivity index is 2.09. The number of benzene rings is 1. The van der Waals surface area contributed by atoms with E-state index in [-0.39, 0.29) is 0 Å². The van der Waals surface area contributed by atoms with E-state index in [0.29, 0.717) is 0 Å². The van der Waals surface area contributed by atoms with Crippen molar-refractivity contribution in [3.63, 3.8) is 0 Å². The molecule has 20 heavy (non-hydrogen) atoms. The Labute approximate surface area is 124 Å². The van der Waals surface area contributed by atoms with Gasteiger partial charge >= 0.3 is 0 Å². The normalized spacial score (nSPS) is 13.3. The predicted octanol–water partition coefficient (Wildman–Crippen LogP) is 4.03. The van der Waals surface area contributed by atoms with Gasteiger partial charge in [0.05, 0.1) is 0 Å². The Hall–Kier alpha value is -1.61. The molecule has 0 saturated carbocycles. The molecule has 3 rings (SSSR count). The van der Waals surface area contributed by atoms with Crippen LogP contribution in [-0.2, 0) is 12.8 Å². The van der Waals surface area contributed by atoms with Crippen LogP contribution in [-0.4, -0.2) is 16.5 Å². The molecule has 0 aliphatic heterocycles. The van der Waals surface area contributed by atoms with Crippen molar-refractivity contribution in [1.82, 2.24) is 9.97 Å². The number of hydrogen-bond acceptors (Lipinski definition) is 3. The highest BCUT2D eigenvalue weighted by Crippen LogP contribution is 2.30. The Bertz CT molecular complexity index is 652. The summed E-state index contributed by atoms with van der Waals surface area (Å²) in [5, 5.41) is 4.12. The van der Waals surface area contributed by atoms with Gasteiger partial charge in [-0.2, -0.15) is 0 Å². The maximum Gasteiger partial charge on any atom is 0.161 e. The van der Waals surface area contributed by atoms with Crippen LogP contribution in [0, 0.1) is 6.92 Å². The lowest BCUT2D eigenvalue weighted by molar-refractivity contribution is 0.900. The molecule has 1 aromatic heterocycles. The van der Waals surface area contributed by atoms with Gasteiger partial charge < -0.3 is 5.32 Å². The summed E-state index contributed by atoms with van der Waals surface area (Å²) in [6, 6.07) is 6.00. The highest BCUT2D eigenvalue weighted by Gasteiger charge is 2.19. The van der Waals surface area contributed by atoms with Crippen LogP contribution in [0.4, 0.5) is 5.82 Å². The molecule has 0 radical (unpaired) electrons. The van der Waals surface area contributed by atoms with Crippen molar-refractivity contribution in [2.45, 2.75) is 33.1 Å². The summed E-state index contributed by atoms with van der Waals surface area (Å²) in [5.41, 5.74) is 4.52. The summed E-state index contributed by atoms with van der Waals surface area (Å²) in [5.74, 6) is 1.75. The summed E-state index contributed by atoms with van der Waals surface area (Å²) in [6.45, 7) is 4.96. The van der Waals surface area contributed by atoms with Gasteiger partial charge in [0.15, 0.2) is 5.82 Å².